The van der Waals surface area contributed by atoms with Gasteiger partial charge in [-0.15, -0.1) is 0 Å². The molecule has 0 saturated carbocycles. The van der Waals surface area contributed by atoms with E-state index in [0.717, 1.165) is 22.9 Å². The predicted octanol–water partition coefficient (Wildman–Crippen LogP) is 2.43. The first-order valence-electron chi connectivity index (χ1n) is 7.80. The zero-order chi connectivity index (χ0) is 14.2. The molecule has 0 aliphatic carbocycles. The van der Waals surface area contributed by atoms with Crippen molar-refractivity contribution >= 4 is 5.69 Å². The van der Waals surface area contributed by atoms with E-state index in [2.05, 4.69) is 43.6 Å². The van der Waals surface area contributed by atoms with E-state index < -0.39 is 0 Å². The second kappa shape index (κ2) is 5.15. The maximum absolute atomic E-state index is 4.47. The number of hydrogen-bond acceptors (Lipinski definition) is 4. The van der Waals surface area contributed by atoms with Crippen LogP contribution in [0.5, 0.6) is 0 Å². The van der Waals surface area contributed by atoms with E-state index in [1.165, 1.54) is 32.4 Å². The van der Waals surface area contributed by atoms with Crippen LogP contribution in [0.15, 0.2) is 24.3 Å². The number of para-hydroxylation sites is 1. The van der Waals surface area contributed by atoms with Crippen molar-refractivity contribution in [3.8, 4) is 11.4 Å². The summed E-state index contributed by atoms with van der Waals surface area (Å²) in [5.41, 5.74) is 2.23. The van der Waals surface area contributed by atoms with Crippen LogP contribution in [0.3, 0.4) is 0 Å². The van der Waals surface area contributed by atoms with Gasteiger partial charge in [0.2, 0.25) is 0 Å². The van der Waals surface area contributed by atoms with Gasteiger partial charge in [-0.1, -0.05) is 12.1 Å². The van der Waals surface area contributed by atoms with Crippen LogP contribution in [0.25, 0.3) is 11.4 Å². The molecule has 2 unspecified atom stereocenters. The van der Waals surface area contributed by atoms with Gasteiger partial charge in [-0.25, -0.2) is 4.98 Å². The molecule has 110 valence electrons. The van der Waals surface area contributed by atoms with E-state index in [-0.39, 0.29) is 0 Å². The average molecular weight is 283 g/mol. The highest BCUT2D eigenvalue weighted by atomic mass is 15.2. The van der Waals surface area contributed by atoms with Gasteiger partial charge in [0.25, 0.3) is 0 Å². The minimum Gasteiger partial charge on any atom is -0.380 e. The van der Waals surface area contributed by atoms with Crippen molar-refractivity contribution in [3.05, 3.63) is 30.1 Å². The minimum atomic E-state index is 0.550. The molecule has 5 nitrogen and oxygen atoms in total. The van der Waals surface area contributed by atoms with E-state index in [1.54, 1.807) is 0 Å². The molecule has 1 aromatic heterocycles. The Morgan fingerprint density at radius 3 is 3.00 bits per heavy atom. The Bertz CT molecular complexity index is 635. The molecule has 2 aromatic rings. The topological polar surface area (TPSA) is 56.8 Å². The second-order valence-electron chi connectivity index (χ2n) is 6.08. The van der Waals surface area contributed by atoms with Crippen molar-refractivity contribution in [1.82, 2.24) is 20.1 Å². The van der Waals surface area contributed by atoms with Gasteiger partial charge in [-0.05, 0) is 44.9 Å². The smallest absolute Gasteiger partial charge is 0.183 e. The Balaban J connectivity index is 1.61. The average Bonchev–Trinajstić information content (AvgIpc) is 3.18. The van der Waals surface area contributed by atoms with Gasteiger partial charge in [0, 0.05) is 29.9 Å². The van der Waals surface area contributed by atoms with Gasteiger partial charge in [-0.2, -0.15) is 5.10 Å². The molecule has 1 aromatic carbocycles. The van der Waals surface area contributed by atoms with Crippen LogP contribution in [-0.4, -0.2) is 45.3 Å². The number of rotatable bonds is 3. The lowest BCUT2D eigenvalue weighted by Gasteiger charge is -2.23. The number of fused-ring (bicyclic) bond motifs is 1. The summed E-state index contributed by atoms with van der Waals surface area (Å²) in [7, 11) is 0. The van der Waals surface area contributed by atoms with Gasteiger partial charge in [-0.3, -0.25) is 10.00 Å². The first-order chi connectivity index (χ1) is 10.3. The van der Waals surface area contributed by atoms with E-state index in [4.69, 9.17) is 0 Å². The van der Waals surface area contributed by atoms with E-state index in [9.17, 15) is 0 Å². The lowest BCUT2D eigenvalue weighted by molar-refractivity contribution is 0.318. The zero-order valence-electron chi connectivity index (χ0n) is 12.3. The number of nitrogens with one attached hydrogen (secondary N) is 2. The Labute approximate surface area is 124 Å². The predicted molar refractivity (Wildman–Crippen MR) is 83.2 cm³/mol. The van der Waals surface area contributed by atoms with Gasteiger partial charge in [0.05, 0.1) is 0 Å². The molecule has 0 bridgehead atoms. The van der Waals surface area contributed by atoms with Crippen LogP contribution >= 0.6 is 0 Å². The summed E-state index contributed by atoms with van der Waals surface area (Å²) in [5, 5.41) is 11.0. The lowest BCUT2D eigenvalue weighted by Crippen LogP contribution is -2.33. The number of nitrogens with zero attached hydrogens (tertiary/aromatic N) is 3. The SMILES string of the molecule is Cc1nc(-c2ccccc2NC2CCN3CCCC23)n[nH]1. The van der Waals surface area contributed by atoms with Crippen molar-refractivity contribution in [3.63, 3.8) is 0 Å². The highest BCUT2D eigenvalue weighted by molar-refractivity contribution is 5.73. The molecule has 0 spiro atoms. The fraction of sp³-hybridized carbons (Fsp3) is 0.500. The second-order valence-corrected chi connectivity index (χ2v) is 6.08. The van der Waals surface area contributed by atoms with Crippen molar-refractivity contribution in [2.24, 2.45) is 0 Å². The Kier molecular flexibility index (Phi) is 3.15. The zero-order valence-corrected chi connectivity index (χ0v) is 12.3. The highest BCUT2D eigenvalue weighted by Gasteiger charge is 2.37. The maximum Gasteiger partial charge on any atom is 0.183 e. The molecule has 2 N–H and O–H groups in total. The van der Waals surface area contributed by atoms with Gasteiger partial charge in [0.15, 0.2) is 5.82 Å². The van der Waals surface area contributed by atoms with Crippen LogP contribution in [-0.2, 0) is 0 Å². The summed E-state index contributed by atoms with van der Waals surface area (Å²) >= 11 is 0. The fourth-order valence-corrected chi connectivity index (χ4v) is 3.72. The number of aryl methyl sites for hydroxylation is 1. The molecular weight excluding hydrogens is 262 g/mol. The van der Waals surface area contributed by atoms with E-state index in [1.807, 2.05) is 13.0 Å². The Hall–Kier alpha value is -1.88. The standard InChI is InChI=1S/C16H21N5/c1-11-17-16(20-19-11)12-5-2-3-6-13(12)18-14-8-10-21-9-4-7-15(14)21/h2-3,5-6,14-15,18H,4,7-10H2,1H3,(H,17,19,20). The summed E-state index contributed by atoms with van der Waals surface area (Å²) in [4.78, 5) is 7.09. The molecular formula is C16H21N5. The third kappa shape index (κ3) is 2.31. The summed E-state index contributed by atoms with van der Waals surface area (Å²) in [6.07, 6.45) is 3.89. The quantitative estimate of drug-likeness (QED) is 0.908. The van der Waals surface area contributed by atoms with Crippen LogP contribution in [0.4, 0.5) is 5.69 Å². The van der Waals surface area contributed by atoms with Gasteiger partial charge < -0.3 is 5.32 Å². The molecule has 2 atom stereocenters. The normalized spacial score (nSPS) is 25.2. The van der Waals surface area contributed by atoms with E-state index in [0.29, 0.717) is 12.1 Å². The molecule has 2 saturated heterocycles. The van der Waals surface area contributed by atoms with Crippen LogP contribution in [0, 0.1) is 6.92 Å². The van der Waals surface area contributed by atoms with Crippen LogP contribution < -0.4 is 5.32 Å². The van der Waals surface area contributed by atoms with Crippen molar-refractivity contribution in [2.75, 3.05) is 18.4 Å². The van der Waals surface area contributed by atoms with E-state index >= 15 is 0 Å². The summed E-state index contributed by atoms with van der Waals surface area (Å²) < 4.78 is 0. The third-order valence-corrected chi connectivity index (χ3v) is 4.71. The van der Waals surface area contributed by atoms with Gasteiger partial charge >= 0.3 is 0 Å². The molecule has 5 heteroatoms. The molecule has 0 radical (unpaired) electrons. The molecule has 3 heterocycles. The third-order valence-electron chi connectivity index (χ3n) is 4.71. The molecule has 21 heavy (non-hydrogen) atoms. The molecule has 2 fully saturated rings. The fourth-order valence-electron chi connectivity index (χ4n) is 3.72. The minimum absolute atomic E-state index is 0.550. The monoisotopic (exact) mass is 283 g/mol. The molecule has 2 aliphatic heterocycles. The number of anilines is 1. The van der Waals surface area contributed by atoms with Gasteiger partial charge in [0.1, 0.15) is 5.82 Å². The number of aromatic nitrogens is 3. The maximum atomic E-state index is 4.47. The van der Waals surface area contributed by atoms with Crippen molar-refractivity contribution in [1.29, 1.82) is 0 Å². The molecule has 4 rings (SSSR count). The number of H-pyrrole nitrogens is 1. The molecule has 0 amide bonds. The van der Waals surface area contributed by atoms with Crippen molar-refractivity contribution < 1.29 is 0 Å². The number of aromatic amines is 1. The lowest BCUT2D eigenvalue weighted by atomic mass is 10.0. The summed E-state index contributed by atoms with van der Waals surface area (Å²) in [5.74, 6) is 1.62. The summed E-state index contributed by atoms with van der Waals surface area (Å²) in [6.45, 7) is 4.43. The Morgan fingerprint density at radius 2 is 2.14 bits per heavy atom. The number of hydrogen-bond donors (Lipinski definition) is 2. The first kappa shape index (κ1) is 12.8. The van der Waals surface area contributed by atoms with Crippen LogP contribution in [0.2, 0.25) is 0 Å². The Morgan fingerprint density at radius 1 is 1.24 bits per heavy atom. The largest absolute Gasteiger partial charge is 0.380 e. The van der Waals surface area contributed by atoms with Crippen molar-refractivity contribution in [2.45, 2.75) is 38.3 Å². The number of benzene rings is 1. The summed E-state index contributed by atoms with van der Waals surface area (Å²) in [6, 6.07) is 9.60. The highest BCUT2D eigenvalue weighted by Crippen LogP contribution is 2.32. The molecule has 2 aliphatic rings. The first-order valence-corrected chi connectivity index (χ1v) is 7.80. The van der Waals surface area contributed by atoms with Crippen LogP contribution in [0.1, 0.15) is 25.1 Å².